The summed E-state index contributed by atoms with van der Waals surface area (Å²) in [5.41, 5.74) is 6.28. The topological polar surface area (TPSA) is 133 Å². The van der Waals surface area contributed by atoms with Crippen LogP contribution >= 0.6 is 0 Å². The van der Waals surface area contributed by atoms with Gasteiger partial charge < -0.3 is 21.1 Å². The van der Waals surface area contributed by atoms with E-state index >= 15 is 0 Å². The number of hydrogen-bond donors (Lipinski definition) is 5. The van der Waals surface area contributed by atoms with Crippen LogP contribution < -0.4 is 16.0 Å². The first kappa shape index (κ1) is 24.0. The van der Waals surface area contributed by atoms with Crippen molar-refractivity contribution < 1.29 is 9.90 Å². The molecule has 2 aromatic heterocycles. The van der Waals surface area contributed by atoms with E-state index in [1.165, 1.54) is 18.4 Å². The summed E-state index contributed by atoms with van der Waals surface area (Å²) in [4.78, 5) is 12.2. The number of rotatable bonds is 13. The molecule has 2 aromatic carbocycles. The van der Waals surface area contributed by atoms with Crippen LogP contribution in [0, 0.1) is 0 Å². The van der Waals surface area contributed by atoms with Gasteiger partial charge in [-0.25, -0.2) is 0 Å². The van der Waals surface area contributed by atoms with E-state index < -0.39 is 0 Å². The van der Waals surface area contributed by atoms with Gasteiger partial charge >= 0.3 is 0 Å². The molecule has 4 aromatic rings. The molecule has 10 heteroatoms. The van der Waals surface area contributed by atoms with Gasteiger partial charge in [-0.2, -0.15) is 5.10 Å². The van der Waals surface area contributed by atoms with Crippen LogP contribution in [0.5, 0.6) is 0 Å². The quantitative estimate of drug-likeness (QED) is 0.183. The van der Waals surface area contributed by atoms with E-state index in [-0.39, 0.29) is 12.5 Å². The van der Waals surface area contributed by atoms with E-state index in [1.54, 1.807) is 18.9 Å². The molecule has 5 rings (SSSR count). The summed E-state index contributed by atoms with van der Waals surface area (Å²) in [6.45, 7) is 2.70. The molecule has 0 atom stereocenters. The van der Waals surface area contributed by atoms with Crippen LogP contribution in [0.3, 0.4) is 0 Å². The number of nitrogens with one attached hydrogen (secondary N) is 4. The third-order valence-corrected chi connectivity index (χ3v) is 6.50. The summed E-state index contributed by atoms with van der Waals surface area (Å²) in [5, 5.41) is 35.3. The minimum Gasteiger partial charge on any atom is -0.392 e. The summed E-state index contributed by atoms with van der Waals surface area (Å²) in [7, 11) is 0. The van der Waals surface area contributed by atoms with Crippen molar-refractivity contribution in [3.8, 4) is 5.69 Å². The molecule has 1 fully saturated rings. The minimum absolute atomic E-state index is 0.0365. The highest BCUT2D eigenvalue weighted by Gasteiger charge is 2.25. The SMILES string of the molecule is O=C(CCNCc1ccc(C2CC2)c(CO)c1)NCCCNc1cc(-n2cnnc2)cc2[nH]ncc12. The van der Waals surface area contributed by atoms with E-state index in [4.69, 9.17) is 0 Å². The number of aliphatic hydroxyl groups is 1. The standard InChI is InChI=1S/C26H32N8O2/c35-15-20-10-18(2-5-22(20)19-3-4-19)13-27-9-6-26(36)29-8-1-7-28-24-11-21(34-16-31-32-17-34)12-25-23(24)14-30-33-25/h2,5,10-12,14,16-17,19,27-28,35H,1,3-4,6-9,13,15H2,(H,29,36)(H,30,33). The van der Waals surface area contributed by atoms with Crippen LogP contribution in [0.2, 0.25) is 0 Å². The van der Waals surface area contributed by atoms with Gasteiger partial charge in [0.2, 0.25) is 5.91 Å². The van der Waals surface area contributed by atoms with Crippen LogP contribution in [0.15, 0.2) is 49.2 Å². The second kappa shape index (κ2) is 11.3. The smallest absolute Gasteiger partial charge is 0.221 e. The number of carbonyl (C=O) groups excluding carboxylic acids is 1. The monoisotopic (exact) mass is 488 g/mol. The molecule has 2 heterocycles. The number of hydrogen-bond acceptors (Lipinski definition) is 7. The maximum atomic E-state index is 12.2. The zero-order valence-electron chi connectivity index (χ0n) is 20.2. The normalized spacial score (nSPS) is 13.2. The van der Waals surface area contributed by atoms with Crippen LogP contribution in [0.25, 0.3) is 16.6 Å². The van der Waals surface area contributed by atoms with E-state index in [1.807, 2.05) is 16.7 Å². The molecule has 1 aliphatic rings. The molecule has 0 unspecified atom stereocenters. The Morgan fingerprint density at radius 3 is 2.78 bits per heavy atom. The molecule has 0 radical (unpaired) electrons. The lowest BCUT2D eigenvalue weighted by Crippen LogP contribution is -2.29. The van der Waals surface area contributed by atoms with Crippen molar-refractivity contribution in [1.29, 1.82) is 0 Å². The van der Waals surface area contributed by atoms with Gasteiger partial charge in [0.05, 0.1) is 24.0 Å². The first-order valence-corrected chi connectivity index (χ1v) is 12.5. The van der Waals surface area contributed by atoms with Gasteiger partial charge in [-0.15, -0.1) is 10.2 Å². The first-order chi connectivity index (χ1) is 17.7. The third-order valence-electron chi connectivity index (χ3n) is 6.50. The lowest BCUT2D eigenvalue weighted by molar-refractivity contribution is -0.120. The van der Waals surface area contributed by atoms with Crippen molar-refractivity contribution in [3.05, 3.63) is 65.9 Å². The van der Waals surface area contributed by atoms with Crippen LogP contribution in [0.1, 0.15) is 48.3 Å². The predicted octanol–water partition coefficient (Wildman–Crippen LogP) is 2.61. The molecular formula is C26H32N8O2. The fraction of sp³-hybridized carbons (Fsp3) is 0.385. The second-order valence-corrected chi connectivity index (χ2v) is 9.22. The zero-order chi connectivity index (χ0) is 24.7. The fourth-order valence-corrected chi connectivity index (χ4v) is 4.43. The molecular weight excluding hydrogens is 456 g/mol. The van der Waals surface area contributed by atoms with Crippen molar-refractivity contribution in [1.82, 2.24) is 35.6 Å². The maximum Gasteiger partial charge on any atom is 0.221 e. The van der Waals surface area contributed by atoms with Crippen LogP contribution in [-0.4, -0.2) is 55.6 Å². The van der Waals surface area contributed by atoms with Gasteiger partial charge in [-0.3, -0.25) is 14.5 Å². The average molecular weight is 489 g/mol. The number of carbonyl (C=O) groups is 1. The molecule has 36 heavy (non-hydrogen) atoms. The number of nitrogens with zero attached hydrogens (tertiary/aromatic N) is 4. The van der Waals surface area contributed by atoms with E-state index in [9.17, 15) is 9.90 Å². The number of aromatic amines is 1. The summed E-state index contributed by atoms with van der Waals surface area (Å²) >= 11 is 0. The Morgan fingerprint density at radius 2 is 1.97 bits per heavy atom. The Morgan fingerprint density at radius 1 is 1.11 bits per heavy atom. The Labute approximate surface area is 209 Å². The van der Waals surface area contributed by atoms with Crippen LogP contribution in [0.4, 0.5) is 5.69 Å². The maximum absolute atomic E-state index is 12.2. The zero-order valence-corrected chi connectivity index (χ0v) is 20.2. The highest BCUT2D eigenvalue weighted by molar-refractivity contribution is 5.93. The third kappa shape index (κ3) is 5.89. The molecule has 0 spiro atoms. The molecule has 5 N–H and O–H groups in total. The molecule has 0 aliphatic heterocycles. The average Bonchev–Trinajstić information content (AvgIpc) is 3.37. The van der Waals surface area contributed by atoms with Gasteiger partial charge in [0, 0.05) is 43.7 Å². The van der Waals surface area contributed by atoms with Crippen molar-refractivity contribution in [2.75, 3.05) is 25.0 Å². The Balaban J connectivity index is 1.01. The molecule has 1 amide bonds. The number of fused-ring (bicyclic) bond motifs is 1. The van der Waals surface area contributed by atoms with E-state index in [0.29, 0.717) is 38.5 Å². The number of amides is 1. The molecule has 1 aliphatic carbocycles. The van der Waals surface area contributed by atoms with Gasteiger partial charge in [-0.1, -0.05) is 18.2 Å². The Hall–Kier alpha value is -3.76. The van der Waals surface area contributed by atoms with Crippen molar-refractivity contribution in [2.45, 2.75) is 44.8 Å². The number of aromatic nitrogens is 5. The molecule has 0 saturated heterocycles. The summed E-state index contributed by atoms with van der Waals surface area (Å²) in [6, 6.07) is 10.4. The number of H-pyrrole nitrogens is 1. The Bertz CT molecular complexity index is 1300. The number of anilines is 1. The summed E-state index contributed by atoms with van der Waals surface area (Å²) < 4.78 is 1.84. The lowest BCUT2D eigenvalue weighted by Gasteiger charge is -2.11. The predicted molar refractivity (Wildman–Crippen MR) is 138 cm³/mol. The van der Waals surface area contributed by atoms with E-state index in [0.717, 1.165) is 39.8 Å². The summed E-state index contributed by atoms with van der Waals surface area (Å²) in [5.74, 6) is 0.666. The van der Waals surface area contributed by atoms with Gasteiger partial charge in [0.15, 0.2) is 0 Å². The number of aliphatic hydroxyl groups excluding tert-OH is 1. The fourth-order valence-electron chi connectivity index (χ4n) is 4.43. The molecule has 1 saturated carbocycles. The minimum atomic E-state index is 0.0365. The molecule has 10 nitrogen and oxygen atoms in total. The Kier molecular flexibility index (Phi) is 7.53. The number of benzene rings is 2. The van der Waals surface area contributed by atoms with Crippen molar-refractivity contribution in [3.63, 3.8) is 0 Å². The lowest BCUT2D eigenvalue weighted by atomic mass is 10.0. The van der Waals surface area contributed by atoms with Crippen molar-refractivity contribution >= 4 is 22.5 Å². The highest BCUT2D eigenvalue weighted by Crippen LogP contribution is 2.41. The largest absolute Gasteiger partial charge is 0.392 e. The molecule has 0 bridgehead atoms. The van der Waals surface area contributed by atoms with Gasteiger partial charge in [0.25, 0.3) is 0 Å². The van der Waals surface area contributed by atoms with Crippen LogP contribution in [-0.2, 0) is 17.9 Å². The van der Waals surface area contributed by atoms with Gasteiger partial charge in [0.1, 0.15) is 12.7 Å². The van der Waals surface area contributed by atoms with Gasteiger partial charge in [-0.05, 0) is 54.0 Å². The highest BCUT2D eigenvalue weighted by atomic mass is 16.3. The van der Waals surface area contributed by atoms with E-state index in [2.05, 4.69) is 54.5 Å². The van der Waals surface area contributed by atoms with Crippen molar-refractivity contribution in [2.24, 2.45) is 0 Å². The first-order valence-electron chi connectivity index (χ1n) is 12.5. The molecule has 188 valence electrons. The summed E-state index contributed by atoms with van der Waals surface area (Å²) in [6.07, 6.45) is 8.78. The second-order valence-electron chi connectivity index (χ2n) is 9.22.